The van der Waals surface area contributed by atoms with E-state index in [1.165, 1.54) is 11.0 Å². The molecule has 2 aliphatic rings. The molecule has 1 fully saturated rings. The minimum Gasteiger partial charge on any atom is -0.480 e. The lowest BCUT2D eigenvalue weighted by Gasteiger charge is -2.33. The number of amides is 1. The molecular formula is C18H23N3O5S. The number of fused-ring (bicyclic) bond motifs is 1. The molecule has 8 nitrogen and oxygen atoms in total. The van der Waals surface area contributed by atoms with Gasteiger partial charge in [-0.15, -0.1) is 4.40 Å². The number of nitrogens with zero attached hydrogens (tertiary/aromatic N) is 3. The van der Waals surface area contributed by atoms with Crippen LogP contribution in [-0.2, 0) is 19.6 Å². The van der Waals surface area contributed by atoms with E-state index >= 15 is 0 Å². The first-order valence-electron chi connectivity index (χ1n) is 8.99. The van der Waals surface area contributed by atoms with E-state index in [0.29, 0.717) is 37.3 Å². The van der Waals surface area contributed by atoms with Crippen molar-refractivity contribution >= 4 is 27.7 Å². The van der Waals surface area contributed by atoms with E-state index in [2.05, 4.69) is 4.40 Å². The van der Waals surface area contributed by atoms with Gasteiger partial charge in [0.05, 0.1) is 0 Å². The number of amidine groups is 1. The topological polar surface area (TPSA) is 107 Å². The first-order chi connectivity index (χ1) is 12.8. The molecule has 0 spiro atoms. The summed E-state index contributed by atoms with van der Waals surface area (Å²) in [5.74, 6) is -0.751. The van der Waals surface area contributed by atoms with Crippen LogP contribution in [0.5, 0.6) is 0 Å². The van der Waals surface area contributed by atoms with Crippen LogP contribution in [0.1, 0.15) is 37.7 Å². The van der Waals surface area contributed by atoms with Crippen LogP contribution >= 0.6 is 0 Å². The molecule has 0 aliphatic carbocycles. The van der Waals surface area contributed by atoms with Crippen molar-refractivity contribution in [3.05, 3.63) is 29.8 Å². The molecule has 0 radical (unpaired) electrons. The van der Waals surface area contributed by atoms with Crippen LogP contribution in [0, 0.1) is 0 Å². The lowest BCUT2D eigenvalue weighted by molar-refractivity contribution is -0.152. The van der Waals surface area contributed by atoms with Crippen molar-refractivity contribution < 1.29 is 23.1 Å². The Hall–Kier alpha value is -2.42. The van der Waals surface area contributed by atoms with Crippen molar-refractivity contribution in [3.63, 3.8) is 0 Å². The smallest absolute Gasteiger partial charge is 0.326 e. The monoisotopic (exact) mass is 393 g/mol. The quantitative estimate of drug-likeness (QED) is 0.808. The summed E-state index contributed by atoms with van der Waals surface area (Å²) in [4.78, 5) is 27.1. The number of aliphatic carboxylic acids is 1. The molecule has 27 heavy (non-hydrogen) atoms. The predicted octanol–water partition coefficient (Wildman–Crippen LogP) is 1.31. The van der Waals surface area contributed by atoms with E-state index in [9.17, 15) is 23.1 Å². The molecule has 1 saturated heterocycles. The molecule has 1 atom stereocenters. The average molecular weight is 393 g/mol. The van der Waals surface area contributed by atoms with E-state index in [4.69, 9.17) is 0 Å². The highest BCUT2D eigenvalue weighted by Crippen LogP contribution is 2.27. The van der Waals surface area contributed by atoms with Crippen LogP contribution in [0.3, 0.4) is 0 Å². The van der Waals surface area contributed by atoms with Gasteiger partial charge in [0.25, 0.3) is 10.0 Å². The van der Waals surface area contributed by atoms with Gasteiger partial charge in [-0.25, -0.2) is 4.79 Å². The fraction of sp³-hybridized carbons (Fsp3) is 0.500. The van der Waals surface area contributed by atoms with Crippen LogP contribution in [0.25, 0.3) is 0 Å². The van der Waals surface area contributed by atoms with Gasteiger partial charge >= 0.3 is 5.97 Å². The zero-order valence-electron chi connectivity index (χ0n) is 15.2. The number of piperidine rings is 1. The Morgan fingerprint density at radius 2 is 2.04 bits per heavy atom. The van der Waals surface area contributed by atoms with Gasteiger partial charge in [-0.3, -0.25) is 4.79 Å². The molecule has 0 saturated carbocycles. The first-order valence-corrected chi connectivity index (χ1v) is 10.4. The standard InChI is InChI=1S/C18H23N3O5S/c1-20(17-13-7-2-3-9-15(13)27(25,26)19-17)11-6-10-16(22)21-12-5-4-8-14(21)18(23)24/h2-3,7,9,14H,4-6,8,10-12H2,1H3,(H,23,24). The zero-order valence-corrected chi connectivity index (χ0v) is 16.0. The lowest BCUT2D eigenvalue weighted by Crippen LogP contribution is -2.48. The number of hydrogen-bond donors (Lipinski definition) is 1. The molecular weight excluding hydrogens is 370 g/mol. The van der Waals surface area contributed by atoms with Gasteiger partial charge in [-0.2, -0.15) is 8.42 Å². The SMILES string of the molecule is CN(CCCC(=O)N1CCCCC1C(=O)O)C1=NS(=O)(=O)c2ccccc21. The number of carboxylic acid groups (broad SMARTS) is 1. The Kier molecular flexibility index (Phi) is 5.50. The minimum atomic E-state index is -3.67. The van der Waals surface area contributed by atoms with Crippen LogP contribution in [0.15, 0.2) is 33.6 Å². The van der Waals surface area contributed by atoms with Gasteiger partial charge in [0, 0.05) is 32.1 Å². The fourth-order valence-electron chi connectivity index (χ4n) is 3.57. The summed E-state index contributed by atoms with van der Waals surface area (Å²) >= 11 is 0. The average Bonchev–Trinajstić information content (AvgIpc) is 2.93. The Bertz CT molecular complexity index is 881. The summed E-state index contributed by atoms with van der Waals surface area (Å²) in [7, 11) is -1.93. The third kappa shape index (κ3) is 3.97. The number of rotatable bonds is 5. The Labute approximate surface area is 158 Å². The zero-order chi connectivity index (χ0) is 19.6. The molecule has 1 N–H and O–H groups in total. The van der Waals surface area contributed by atoms with Gasteiger partial charge in [0.2, 0.25) is 5.91 Å². The second-order valence-electron chi connectivity index (χ2n) is 6.85. The normalized spacial score (nSPS) is 20.7. The highest BCUT2D eigenvalue weighted by molar-refractivity contribution is 7.90. The molecule has 0 bridgehead atoms. The maximum Gasteiger partial charge on any atom is 0.326 e. The van der Waals surface area contributed by atoms with Crippen molar-refractivity contribution in [2.24, 2.45) is 4.40 Å². The van der Waals surface area contributed by atoms with Crippen molar-refractivity contribution in [1.82, 2.24) is 9.80 Å². The maximum atomic E-state index is 12.4. The lowest BCUT2D eigenvalue weighted by atomic mass is 10.0. The molecule has 2 heterocycles. The Morgan fingerprint density at radius 3 is 2.78 bits per heavy atom. The molecule has 1 unspecified atom stereocenters. The third-order valence-corrected chi connectivity index (χ3v) is 6.29. The Balaban J connectivity index is 1.60. The minimum absolute atomic E-state index is 0.170. The number of benzene rings is 1. The number of carbonyl (C=O) groups excluding carboxylic acids is 1. The van der Waals surface area contributed by atoms with Gasteiger partial charge in [-0.05, 0) is 37.8 Å². The molecule has 146 valence electrons. The van der Waals surface area contributed by atoms with E-state index < -0.39 is 22.0 Å². The fourth-order valence-corrected chi connectivity index (χ4v) is 4.82. The second-order valence-corrected chi connectivity index (χ2v) is 8.42. The van der Waals surface area contributed by atoms with Gasteiger partial charge in [0.15, 0.2) is 0 Å². The third-order valence-electron chi connectivity index (χ3n) is 4.97. The number of sulfonamides is 1. The summed E-state index contributed by atoms with van der Waals surface area (Å²) in [6, 6.07) is 5.92. The van der Waals surface area contributed by atoms with Crippen molar-refractivity contribution in [2.45, 2.75) is 43.0 Å². The van der Waals surface area contributed by atoms with E-state index in [1.54, 1.807) is 30.1 Å². The highest BCUT2D eigenvalue weighted by Gasteiger charge is 2.32. The molecule has 9 heteroatoms. The van der Waals surface area contributed by atoms with E-state index in [-0.39, 0.29) is 17.2 Å². The van der Waals surface area contributed by atoms with Crippen LogP contribution in [0.2, 0.25) is 0 Å². The van der Waals surface area contributed by atoms with Crippen LogP contribution in [0.4, 0.5) is 0 Å². The first kappa shape index (κ1) is 19.3. The van der Waals surface area contributed by atoms with Gasteiger partial charge < -0.3 is 14.9 Å². The number of likely N-dealkylation sites (tertiary alicyclic amines) is 1. The van der Waals surface area contributed by atoms with Crippen molar-refractivity contribution in [2.75, 3.05) is 20.1 Å². The number of carboxylic acids is 1. The predicted molar refractivity (Wildman–Crippen MR) is 99.0 cm³/mol. The second kappa shape index (κ2) is 7.67. The largest absolute Gasteiger partial charge is 0.480 e. The number of carbonyl (C=O) groups is 2. The molecule has 2 aliphatic heterocycles. The van der Waals surface area contributed by atoms with Gasteiger partial charge in [0.1, 0.15) is 16.8 Å². The van der Waals surface area contributed by atoms with E-state index in [0.717, 1.165) is 12.8 Å². The summed E-state index contributed by atoms with van der Waals surface area (Å²) < 4.78 is 28.1. The van der Waals surface area contributed by atoms with Crippen molar-refractivity contribution in [1.29, 1.82) is 0 Å². The summed E-state index contributed by atoms with van der Waals surface area (Å²) in [5.41, 5.74) is 0.563. The van der Waals surface area contributed by atoms with Crippen molar-refractivity contribution in [3.8, 4) is 0 Å². The summed E-state index contributed by atoms with van der Waals surface area (Å²) in [6.45, 7) is 0.921. The van der Waals surface area contributed by atoms with E-state index in [1.807, 2.05) is 0 Å². The highest BCUT2D eigenvalue weighted by atomic mass is 32.2. The molecule has 3 rings (SSSR count). The molecule has 0 aromatic heterocycles. The van der Waals surface area contributed by atoms with Gasteiger partial charge in [-0.1, -0.05) is 12.1 Å². The van der Waals surface area contributed by atoms with Crippen LogP contribution in [-0.4, -0.2) is 67.2 Å². The molecule has 1 aromatic rings. The Morgan fingerprint density at radius 1 is 1.30 bits per heavy atom. The summed E-state index contributed by atoms with van der Waals surface area (Å²) in [6.07, 6.45) is 2.83. The summed E-state index contributed by atoms with van der Waals surface area (Å²) in [5, 5.41) is 9.28. The maximum absolute atomic E-state index is 12.4. The number of hydrogen-bond acceptors (Lipinski definition) is 5. The van der Waals surface area contributed by atoms with Crippen LogP contribution < -0.4 is 0 Å². The molecule has 1 aromatic carbocycles. The molecule has 1 amide bonds.